The second-order valence-corrected chi connectivity index (χ2v) is 2.10. The van der Waals surface area contributed by atoms with Crippen LogP contribution in [0.25, 0.3) is 0 Å². The van der Waals surface area contributed by atoms with Crippen molar-refractivity contribution in [2.45, 2.75) is 6.29 Å². The molecule has 0 saturated carbocycles. The molecule has 80 valence electrons. The van der Waals surface area contributed by atoms with Crippen molar-refractivity contribution in [1.82, 2.24) is 20.2 Å². The molecule has 0 bridgehead atoms. The van der Waals surface area contributed by atoms with Gasteiger partial charge in [-0.05, 0) is 4.92 Å². The van der Waals surface area contributed by atoms with Crippen LogP contribution < -0.4 is 0 Å². The van der Waals surface area contributed by atoms with E-state index in [1.54, 1.807) is 0 Å². The minimum Gasteiger partial charge on any atom is -0.390 e. The molecule has 15 heavy (non-hydrogen) atoms. The lowest BCUT2D eigenvalue weighted by Gasteiger charge is -1.97. The van der Waals surface area contributed by atoms with Crippen LogP contribution in [0.5, 0.6) is 0 Å². The quantitative estimate of drug-likeness (QED) is 0.334. The first-order valence-corrected chi connectivity index (χ1v) is 3.14. The Bertz CT molecular complexity index is 409. The Labute approximate surface area is 78.7 Å². The SMILES string of the molecule is O=[N+]([O-])c1nnnn1C([N+](=O)[O-])[N+](=O)[O-]. The third kappa shape index (κ3) is 1.79. The lowest BCUT2D eigenvalue weighted by molar-refractivity contribution is -0.776. The van der Waals surface area contributed by atoms with Gasteiger partial charge in [0.05, 0.1) is 10.3 Å². The van der Waals surface area contributed by atoms with Crippen molar-refractivity contribution in [1.29, 1.82) is 0 Å². The van der Waals surface area contributed by atoms with Crippen LogP contribution >= 0.6 is 0 Å². The van der Waals surface area contributed by atoms with Crippen molar-refractivity contribution in [2.24, 2.45) is 0 Å². The molecule has 0 aliphatic heterocycles. The van der Waals surface area contributed by atoms with Gasteiger partial charge < -0.3 is 10.1 Å². The van der Waals surface area contributed by atoms with E-state index in [0.717, 1.165) is 0 Å². The zero-order chi connectivity index (χ0) is 11.6. The second-order valence-electron chi connectivity index (χ2n) is 2.10. The van der Waals surface area contributed by atoms with Crippen molar-refractivity contribution in [3.05, 3.63) is 30.3 Å². The van der Waals surface area contributed by atoms with Gasteiger partial charge in [0, 0.05) is 9.90 Å². The van der Waals surface area contributed by atoms with E-state index in [0.29, 0.717) is 0 Å². The fourth-order valence-electron chi connectivity index (χ4n) is 0.714. The molecule has 0 aliphatic carbocycles. The zero-order valence-corrected chi connectivity index (χ0v) is 6.66. The topological polar surface area (TPSA) is 173 Å². The smallest absolute Gasteiger partial charge is 0.390 e. The minimum atomic E-state index is -2.61. The summed E-state index contributed by atoms with van der Waals surface area (Å²) < 4.78 is -0.0972. The van der Waals surface area contributed by atoms with Crippen molar-refractivity contribution < 1.29 is 14.8 Å². The van der Waals surface area contributed by atoms with Gasteiger partial charge in [0.1, 0.15) is 9.85 Å². The van der Waals surface area contributed by atoms with Crippen molar-refractivity contribution in [3.63, 3.8) is 0 Å². The van der Waals surface area contributed by atoms with Gasteiger partial charge in [-0.15, -0.1) is 0 Å². The highest BCUT2D eigenvalue weighted by Crippen LogP contribution is 2.13. The highest BCUT2D eigenvalue weighted by Gasteiger charge is 2.45. The molecular formula is C2HN7O6. The first kappa shape index (κ1) is 10.4. The summed E-state index contributed by atoms with van der Waals surface area (Å²) in [6.07, 6.45) is -2.61. The molecule has 0 spiro atoms. The standard InChI is InChI=1S/C2HN7O6/c10-7(11)1-3-4-5-6(1)2(8(12)13)9(14)15/h2H. The van der Waals surface area contributed by atoms with Crippen molar-refractivity contribution >= 4 is 5.95 Å². The molecule has 13 heteroatoms. The number of rotatable bonds is 4. The first-order chi connectivity index (χ1) is 6.95. The van der Waals surface area contributed by atoms with Gasteiger partial charge in [-0.1, -0.05) is 0 Å². The first-order valence-electron chi connectivity index (χ1n) is 3.14. The van der Waals surface area contributed by atoms with Crippen molar-refractivity contribution in [2.75, 3.05) is 0 Å². The van der Waals surface area contributed by atoms with E-state index in [1.165, 1.54) is 0 Å². The molecule has 0 aliphatic rings. The Morgan fingerprint density at radius 3 is 2.07 bits per heavy atom. The third-order valence-corrected chi connectivity index (χ3v) is 1.23. The normalized spacial score (nSPS) is 10.2. The summed E-state index contributed by atoms with van der Waals surface area (Å²) in [5, 5.41) is 39.1. The molecule has 1 rings (SSSR count). The van der Waals surface area contributed by atoms with Crippen LogP contribution in [-0.2, 0) is 0 Å². The van der Waals surface area contributed by atoms with Crippen LogP contribution in [0, 0.1) is 30.3 Å². The Hall–Kier alpha value is -2.73. The number of aromatic nitrogens is 4. The highest BCUT2D eigenvalue weighted by atomic mass is 16.7. The average molecular weight is 219 g/mol. The van der Waals surface area contributed by atoms with Crippen LogP contribution in [-0.4, -0.2) is 35.0 Å². The Morgan fingerprint density at radius 2 is 1.67 bits per heavy atom. The maximum absolute atomic E-state index is 10.2. The summed E-state index contributed by atoms with van der Waals surface area (Å²) in [4.78, 5) is 26.8. The monoisotopic (exact) mass is 219 g/mol. The maximum atomic E-state index is 10.2. The Morgan fingerprint density at radius 1 is 1.13 bits per heavy atom. The minimum absolute atomic E-state index is 0.0972. The average Bonchev–Trinajstić information content (AvgIpc) is 2.51. The summed E-state index contributed by atoms with van der Waals surface area (Å²) >= 11 is 0. The number of tetrazole rings is 1. The molecular weight excluding hydrogens is 218 g/mol. The van der Waals surface area contributed by atoms with Crippen LogP contribution in [0.3, 0.4) is 0 Å². The number of hydrogen-bond acceptors (Lipinski definition) is 9. The molecule has 1 heterocycles. The van der Waals surface area contributed by atoms with Crippen molar-refractivity contribution in [3.8, 4) is 0 Å². The van der Waals surface area contributed by atoms with Gasteiger partial charge in [0.15, 0.2) is 0 Å². The van der Waals surface area contributed by atoms with Gasteiger partial charge >= 0.3 is 12.2 Å². The van der Waals surface area contributed by atoms with Crippen LogP contribution in [0.2, 0.25) is 0 Å². The van der Waals surface area contributed by atoms with Gasteiger partial charge in [0.2, 0.25) is 0 Å². The zero-order valence-electron chi connectivity index (χ0n) is 6.66. The summed E-state index contributed by atoms with van der Waals surface area (Å²) in [5.41, 5.74) is 0. The number of hydrogen-bond donors (Lipinski definition) is 0. The van der Waals surface area contributed by atoms with Crippen LogP contribution in [0.1, 0.15) is 6.29 Å². The number of nitro groups is 3. The molecule has 0 unspecified atom stereocenters. The van der Waals surface area contributed by atoms with E-state index < -0.39 is 27.0 Å². The maximum Gasteiger partial charge on any atom is 0.600 e. The van der Waals surface area contributed by atoms with E-state index in [4.69, 9.17) is 0 Å². The van der Waals surface area contributed by atoms with E-state index in [9.17, 15) is 30.3 Å². The van der Waals surface area contributed by atoms with Gasteiger partial charge in [-0.3, -0.25) is 20.2 Å². The van der Waals surface area contributed by atoms with Gasteiger partial charge in [-0.25, -0.2) is 0 Å². The predicted octanol–water partition coefficient (Wildman–Crippen LogP) is -1.41. The molecule has 0 fully saturated rings. The molecule has 0 atom stereocenters. The second kappa shape index (κ2) is 3.56. The van der Waals surface area contributed by atoms with Crippen LogP contribution in [0.15, 0.2) is 0 Å². The van der Waals surface area contributed by atoms with E-state index >= 15 is 0 Å². The van der Waals surface area contributed by atoms with Gasteiger partial charge in [0.25, 0.3) is 0 Å². The lowest BCUT2D eigenvalue weighted by Crippen LogP contribution is -2.28. The summed E-state index contributed by atoms with van der Waals surface area (Å²) in [7, 11) is 0. The highest BCUT2D eigenvalue weighted by molar-refractivity contribution is 4.97. The molecule has 0 amide bonds. The number of nitrogens with zero attached hydrogens (tertiary/aromatic N) is 7. The predicted molar refractivity (Wildman–Crippen MR) is 37.5 cm³/mol. The van der Waals surface area contributed by atoms with E-state index in [2.05, 4.69) is 15.5 Å². The molecule has 1 aromatic heterocycles. The molecule has 0 saturated heterocycles. The van der Waals surface area contributed by atoms with Gasteiger partial charge in [-0.2, -0.15) is 0 Å². The molecule has 13 nitrogen and oxygen atoms in total. The largest absolute Gasteiger partial charge is 0.600 e. The third-order valence-electron chi connectivity index (χ3n) is 1.23. The molecule has 1 aromatic rings. The Kier molecular flexibility index (Phi) is 2.46. The van der Waals surface area contributed by atoms with E-state index in [1.807, 2.05) is 0 Å². The fraction of sp³-hybridized carbons (Fsp3) is 0.500. The lowest BCUT2D eigenvalue weighted by atomic mass is 10.8. The summed E-state index contributed by atoms with van der Waals surface area (Å²) in [6.45, 7) is 0. The fourth-order valence-corrected chi connectivity index (χ4v) is 0.714. The molecule has 0 N–H and O–H groups in total. The molecule has 0 radical (unpaired) electrons. The summed E-state index contributed by atoms with van der Waals surface area (Å²) in [5.74, 6) is -1.17. The molecule has 0 aromatic carbocycles. The summed E-state index contributed by atoms with van der Waals surface area (Å²) in [6, 6.07) is 0. The van der Waals surface area contributed by atoms with E-state index in [-0.39, 0.29) is 4.68 Å². The Balaban J connectivity index is 3.23. The van der Waals surface area contributed by atoms with Crippen LogP contribution in [0.4, 0.5) is 5.95 Å².